The molecule has 0 saturated heterocycles. The van der Waals surface area contributed by atoms with Gasteiger partial charge in [-0.1, -0.05) is 26.2 Å². The second kappa shape index (κ2) is 9.25. The molecule has 20 heavy (non-hydrogen) atoms. The molecule has 0 spiro atoms. The third kappa shape index (κ3) is 7.04. The molecule has 0 amide bonds. The van der Waals surface area contributed by atoms with E-state index in [0.29, 0.717) is 17.9 Å². The highest BCUT2D eigenvalue weighted by atomic mass is 32.1. The number of nitrogens with one attached hydrogen (secondary N) is 1. The minimum atomic E-state index is -0.368. The Morgan fingerprint density at radius 3 is 2.90 bits per heavy atom. The van der Waals surface area contributed by atoms with Crippen molar-refractivity contribution >= 4 is 23.5 Å². The summed E-state index contributed by atoms with van der Waals surface area (Å²) < 4.78 is 19.0. The fourth-order valence-corrected chi connectivity index (χ4v) is 1.68. The van der Waals surface area contributed by atoms with Gasteiger partial charge in [-0.2, -0.15) is 5.10 Å². The van der Waals surface area contributed by atoms with Gasteiger partial charge >= 0.3 is 0 Å². The van der Waals surface area contributed by atoms with Crippen molar-refractivity contribution in [1.29, 1.82) is 0 Å². The van der Waals surface area contributed by atoms with E-state index in [1.54, 1.807) is 6.07 Å². The van der Waals surface area contributed by atoms with Crippen molar-refractivity contribution < 1.29 is 9.13 Å². The summed E-state index contributed by atoms with van der Waals surface area (Å²) in [5, 5.41) is 3.84. The number of nitrogens with two attached hydrogens (primary N) is 1. The van der Waals surface area contributed by atoms with Gasteiger partial charge in [-0.15, -0.1) is 0 Å². The van der Waals surface area contributed by atoms with Gasteiger partial charge in [0.1, 0.15) is 11.6 Å². The Balaban J connectivity index is 2.52. The van der Waals surface area contributed by atoms with E-state index in [1.165, 1.54) is 31.2 Å². The Labute approximate surface area is 124 Å². The number of halogens is 1. The Morgan fingerprint density at radius 1 is 1.40 bits per heavy atom. The van der Waals surface area contributed by atoms with Gasteiger partial charge < -0.3 is 10.5 Å². The predicted octanol–water partition coefficient (Wildman–Crippen LogP) is 2.95. The average Bonchev–Trinajstić information content (AvgIpc) is 2.37. The van der Waals surface area contributed by atoms with E-state index < -0.39 is 0 Å². The molecule has 3 N–H and O–H groups in total. The molecular weight excluding hydrogens is 277 g/mol. The zero-order valence-electron chi connectivity index (χ0n) is 11.6. The number of benzene rings is 1. The number of hydrazone groups is 1. The number of hydrogen-bond donors (Lipinski definition) is 2. The van der Waals surface area contributed by atoms with Gasteiger partial charge in [0.25, 0.3) is 0 Å². The molecule has 1 aromatic rings. The SMILES string of the molecule is CCCCCCOc1cc(F)cc(C=NNC(N)=S)c1. The minimum absolute atomic E-state index is 0.0602. The van der Waals surface area contributed by atoms with Crippen molar-refractivity contribution in [2.75, 3.05) is 6.61 Å². The lowest BCUT2D eigenvalue weighted by atomic mass is 10.2. The molecule has 1 aromatic carbocycles. The predicted molar refractivity (Wildman–Crippen MR) is 83.6 cm³/mol. The van der Waals surface area contributed by atoms with Gasteiger partial charge in [-0.3, -0.25) is 5.43 Å². The van der Waals surface area contributed by atoms with Gasteiger partial charge in [-0.25, -0.2) is 4.39 Å². The van der Waals surface area contributed by atoms with Crippen LogP contribution in [-0.4, -0.2) is 17.9 Å². The Morgan fingerprint density at radius 2 is 2.20 bits per heavy atom. The minimum Gasteiger partial charge on any atom is -0.493 e. The van der Waals surface area contributed by atoms with E-state index in [2.05, 4.69) is 29.7 Å². The molecule has 0 bridgehead atoms. The van der Waals surface area contributed by atoms with Crippen LogP contribution in [0.15, 0.2) is 23.3 Å². The fourth-order valence-electron chi connectivity index (χ4n) is 1.63. The zero-order chi connectivity index (χ0) is 14.8. The molecule has 1 rings (SSSR count). The molecule has 0 aliphatic heterocycles. The second-order valence-corrected chi connectivity index (χ2v) is 4.80. The van der Waals surface area contributed by atoms with Gasteiger partial charge in [0, 0.05) is 11.6 Å². The molecular formula is C14H20FN3OS. The van der Waals surface area contributed by atoms with E-state index in [-0.39, 0.29) is 10.9 Å². The smallest absolute Gasteiger partial charge is 0.184 e. The standard InChI is InChI=1S/C14H20FN3OS/c1-2-3-4-5-6-19-13-8-11(7-12(15)9-13)10-17-18-14(16)20/h7-10H,2-6H2,1H3,(H3,16,18,20). The lowest BCUT2D eigenvalue weighted by molar-refractivity contribution is 0.303. The van der Waals surface area contributed by atoms with Crippen LogP contribution in [0.4, 0.5) is 4.39 Å². The summed E-state index contributed by atoms with van der Waals surface area (Å²) in [5.41, 5.74) is 8.23. The number of rotatable bonds is 8. The fraction of sp³-hybridized carbons (Fsp3) is 0.429. The van der Waals surface area contributed by atoms with Crippen LogP contribution in [0.5, 0.6) is 5.75 Å². The molecule has 0 saturated carbocycles. The average molecular weight is 297 g/mol. The number of unbranched alkanes of at least 4 members (excludes halogenated alkanes) is 3. The Bertz CT molecular complexity index is 466. The number of nitrogens with zero attached hydrogens (tertiary/aromatic N) is 1. The number of ether oxygens (including phenoxy) is 1. The molecule has 0 fully saturated rings. The van der Waals surface area contributed by atoms with Crippen molar-refractivity contribution in [1.82, 2.24) is 5.43 Å². The molecule has 6 heteroatoms. The first-order valence-corrected chi connectivity index (χ1v) is 7.04. The highest BCUT2D eigenvalue weighted by Crippen LogP contribution is 2.16. The third-order valence-electron chi connectivity index (χ3n) is 2.55. The quantitative estimate of drug-likeness (QED) is 0.335. The van der Waals surface area contributed by atoms with Gasteiger partial charge in [0.15, 0.2) is 5.11 Å². The molecule has 0 aliphatic rings. The van der Waals surface area contributed by atoms with E-state index in [1.807, 2.05) is 0 Å². The first-order valence-electron chi connectivity index (χ1n) is 6.63. The summed E-state index contributed by atoms with van der Waals surface area (Å²) in [7, 11) is 0. The van der Waals surface area contributed by atoms with Crippen molar-refractivity contribution in [2.24, 2.45) is 10.8 Å². The van der Waals surface area contributed by atoms with E-state index in [4.69, 9.17) is 10.5 Å². The lowest BCUT2D eigenvalue weighted by Crippen LogP contribution is -2.23. The van der Waals surface area contributed by atoms with E-state index >= 15 is 0 Å². The normalized spacial score (nSPS) is 10.7. The summed E-state index contributed by atoms with van der Waals surface area (Å²) in [6.45, 7) is 2.74. The molecule has 0 atom stereocenters. The second-order valence-electron chi connectivity index (χ2n) is 4.36. The highest BCUT2D eigenvalue weighted by Gasteiger charge is 2.01. The first-order chi connectivity index (χ1) is 9.61. The van der Waals surface area contributed by atoms with Crippen molar-refractivity contribution in [3.63, 3.8) is 0 Å². The monoisotopic (exact) mass is 297 g/mol. The largest absolute Gasteiger partial charge is 0.493 e. The molecule has 0 radical (unpaired) electrons. The molecule has 0 unspecified atom stereocenters. The highest BCUT2D eigenvalue weighted by molar-refractivity contribution is 7.80. The summed E-state index contributed by atoms with van der Waals surface area (Å²) in [4.78, 5) is 0. The molecule has 4 nitrogen and oxygen atoms in total. The maximum Gasteiger partial charge on any atom is 0.184 e. The van der Waals surface area contributed by atoms with Gasteiger partial charge in [0.05, 0.1) is 12.8 Å². The van der Waals surface area contributed by atoms with Gasteiger partial charge in [-0.05, 0) is 30.8 Å². The van der Waals surface area contributed by atoms with Crippen LogP contribution in [0.1, 0.15) is 38.2 Å². The van der Waals surface area contributed by atoms with Crippen LogP contribution in [0.2, 0.25) is 0 Å². The van der Waals surface area contributed by atoms with Crippen LogP contribution in [0.3, 0.4) is 0 Å². The molecule has 0 aromatic heterocycles. The summed E-state index contributed by atoms with van der Waals surface area (Å²) in [5.74, 6) is 0.131. The summed E-state index contributed by atoms with van der Waals surface area (Å²) in [6.07, 6.45) is 5.90. The maximum absolute atomic E-state index is 13.4. The van der Waals surface area contributed by atoms with E-state index in [9.17, 15) is 4.39 Å². The Kier molecular flexibility index (Phi) is 7.57. The summed E-state index contributed by atoms with van der Waals surface area (Å²) >= 11 is 4.61. The van der Waals surface area contributed by atoms with Gasteiger partial charge in [0.2, 0.25) is 0 Å². The maximum atomic E-state index is 13.4. The lowest BCUT2D eigenvalue weighted by Gasteiger charge is -2.07. The van der Waals surface area contributed by atoms with Crippen molar-refractivity contribution in [3.05, 3.63) is 29.6 Å². The van der Waals surface area contributed by atoms with Crippen LogP contribution in [-0.2, 0) is 0 Å². The van der Waals surface area contributed by atoms with Crippen LogP contribution >= 0.6 is 12.2 Å². The first kappa shape index (κ1) is 16.4. The molecule has 0 heterocycles. The zero-order valence-corrected chi connectivity index (χ0v) is 12.4. The van der Waals surface area contributed by atoms with Crippen LogP contribution < -0.4 is 15.9 Å². The summed E-state index contributed by atoms with van der Waals surface area (Å²) in [6, 6.07) is 4.43. The topological polar surface area (TPSA) is 59.6 Å². The number of hydrogen-bond acceptors (Lipinski definition) is 3. The van der Waals surface area contributed by atoms with Crippen LogP contribution in [0.25, 0.3) is 0 Å². The molecule has 110 valence electrons. The third-order valence-corrected chi connectivity index (χ3v) is 2.64. The van der Waals surface area contributed by atoms with Crippen molar-refractivity contribution in [2.45, 2.75) is 32.6 Å². The van der Waals surface area contributed by atoms with Crippen LogP contribution in [0, 0.1) is 5.82 Å². The van der Waals surface area contributed by atoms with Crippen molar-refractivity contribution in [3.8, 4) is 5.75 Å². The number of thiocarbonyl (C=S) groups is 1. The Hall–Kier alpha value is -1.69. The van der Waals surface area contributed by atoms with E-state index in [0.717, 1.165) is 12.8 Å². The molecule has 0 aliphatic carbocycles.